The third-order valence-corrected chi connectivity index (χ3v) is 3.24. The summed E-state index contributed by atoms with van der Waals surface area (Å²) < 4.78 is 0. The zero-order chi connectivity index (χ0) is 12.3. The van der Waals surface area contributed by atoms with Gasteiger partial charge in [0.1, 0.15) is 6.04 Å². The van der Waals surface area contributed by atoms with Crippen molar-refractivity contribution in [3.63, 3.8) is 0 Å². The smallest absolute Gasteiger partial charge is 0.242 e. The number of carbonyl (C=O) groups is 3. The molecule has 2 rings (SSSR count). The molecule has 3 amide bonds. The van der Waals surface area contributed by atoms with Crippen LogP contribution in [-0.4, -0.2) is 36.9 Å². The fraction of sp³-hybridized carbons (Fsp3) is 0.727. The minimum absolute atomic E-state index is 0.00976. The number of piperidine rings is 2. The predicted octanol–water partition coefficient (Wildman–Crippen LogP) is -1.09. The molecule has 2 atom stereocenters. The van der Waals surface area contributed by atoms with E-state index in [4.69, 9.17) is 0 Å². The molecule has 2 unspecified atom stereocenters. The van der Waals surface area contributed by atoms with Crippen LogP contribution in [0.1, 0.15) is 25.7 Å². The molecule has 94 valence electrons. The van der Waals surface area contributed by atoms with E-state index < -0.39 is 6.04 Å². The number of rotatable bonds is 2. The molecule has 0 bridgehead atoms. The average Bonchev–Trinajstić information content (AvgIpc) is 2.33. The highest BCUT2D eigenvalue weighted by molar-refractivity contribution is 5.90. The van der Waals surface area contributed by atoms with Crippen molar-refractivity contribution in [2.75, 3.05) is 13.1 Å². The predicted molar refractivity (Wildman–Crippen MR) is 59.9 cm³/mol. The van der Waals surface area contributed by atoms with Gasteiger partial charge in [-0.2, -0.15) is 0 Å². The minimum atomic E-state index is -0.408. The van der Waals surface area contributed by atoms with E-state index in [2.05, 4.69) is 16.0 Å². The molecule has 0 aliphatic carbocycles. The van der Waals surface area contributed by atoms with E-state index in [-0.39, 0.29) is 23.6 Å². The normalized spacial score (nSPS) is 29.2. The summed E-state index contributed by atoms with van der Waals surface area (Å²) in [6.07, 6.45) is 2.52. The van der Waals surface area contributed by atoms with Crippen molar-refractivity contribution < 1.29 is 14.4 Å². The molecule has 2 aliphatic heterocycles. The van der Waals surface area contributed by atoms with Crippen LogP contribution in [0, 0.1) is 5.92 Å². The first-order valence-corrected chi connectivity index (χ1v) is 6.01. The highest BCUT2D eigenvalue weighted by atomic mass is 16.2. The van der Waals surface area contributed by atoms with Gasteiger partial charge in [0.25, 0.3) is 0 Å². The molecular formula is C11H17N3O3. The topological polar surface area (TPSA) is 87.3 Å². The van der Waals surface area contributed by atoms with Crippen molar-refractivity contribution >= 4 is 17.7 Å². The first kappa shape index (κ1) is 11.9. The van der Waals surface area contributed by atoms with Crippen LogP contribution in [0.2, 0.25) is 0 Å². The lowest BCUT2D eigenvalue weighted by molar-refractivity contribution is -0.133. The van der Waals surface area contributed by atoms with E-state index in [0.29, 0.717) is 32.4 Å². The Labute approximate surface area is 99.5 Å². The Hall–Kier alpha value is -1.59. The summed E-state index contributed by atoms with van der Waals surface area (Å²) in [6.45, 7) is 1.06. The van der Waals surface area contributed by atoms with Gasteiger partial charge in [-0.25, -0.2) is 0 Å². The number of hydrogen-bond acceptors (Lipinski definition) is 3. The van der Waals surface area contributed by atoms with Crippen molar-refractivity contribution in [3.8, 4) is 0 Å². The van der Waals surface area contributed by atoms with Gasteiger partial charge in [-0.15, -0.1) is 0 Å². The highest BCUT2D eigenvalue weighted by Crippen LogP contribution is 2.12. The van der Waals surface area contributed by atoms with Crippen LogP contribution in [0.25, 0.3) is 0 Å². The molecule has 2 fully saturated rings. The summed E-state index contributed by atoms with van der Waals surface area (Å²) >= 11 is 0. The van der Waals surface area contributed by atoms with Gasteiger partial charge in [-0.05, 0) is 19.3 Å². The van der Waals surface area contributed by atoms with E-state index in [1.165, 1.54) is 0 Å². The maximum atomic E-state index is 11.9. The molecule has 2 heterocycles. The van der Waals surface area contributed by atoms with Crippen molar-refractivity contribution in [3.05, 3.63) is 0 Å². The zero-order valence-electron chi connectivity index (χ0n) is 9.62. The lowest BCUT2D eigenvalue weighted by atomic mass is 9.97. The molecule has 0 saturated carbocycles. The van der Waals surface area contributed by atoms with Gasteiger partial charge in [0.2, 0.25) is 17.7 Å². The van der Waals surface area contributed by atoms with Gasteiger partial charge in [-0.1, -0.05) is 0 Å². The third kappa shape index (κ3) is 2.95. The molecule has 0 aromatic carbocycles. The second kappa shape index (κ2) is 5.16. The third-order valence-electron chi connectivity index (χ3n) is 3.24. The summed E-state index contributed by atoms with van der Waals surface area (Å²) in [7, 11) is 0. The van der Waals surface area contributed by atoms with Crippen molar-refractivity contribution in [1.29, 1.82) is 0 Å². The SMILES string of the molecule is O=C1CCC(C(=O)NC2CCCNC2=O)CN1. The van der Waals surface area contributed by atoms with Gasteiger partial charge in [0, 0.05) is 19.5 Å². The monoisotopic (exact) mass is 239 g/mol. The molecule has 2 saturated heterocycles. The van der Waals surface area contributed by atoms with Gasteiger partial charge < -0.3 is 16.0 Å². The van der Waals surface area contributed by atoms with Gasteiger partial charge in [-0.3, -0.25) is 14.4 Å². The molecule has 0 aromatic heterocycles. The number of nitrogens with one attached hydrogen (secondary N) is 3. The summed E-state index contributed by atoms with van der Waals surface area (Å²) in [5, 5.41) is 8.14. The molecule has 2 aliphatic rings. The largest absolute Gasteiger partial charge is 0.355 e. The Bertz CT molecular complexity index is 333. The molecular weight excluding hydrogens is 222 g/mol. The van der Waals surface area contributed by atoms with Gasteiger partial charge >= 0.3 is 0 Å². The highest BCUT2D eigenvalue weighted by Gasteiger charge is 2.29. The van der Waals surface area contributed by atoms with E-state index in [9.17, 15) is 14.4 Å². The van der Waals surface area contributed by atoms with Crippen LogP contribution in [0.15, 0.2) is 0 Å². The molecule has 0 radical (unpaired) electrons. The maximum Gasteiger partial charge on any atom is 0.242 e. The second-order valence-electron chi connectivity index (χ2n) is 4.53. The van der Waals surface area contributed by atoms with Crippen LogP contribution in [0.5, 0.6) is 0 Å². The lowest BCUT2D eigenvalue weighted by Gasteiger charge is -2.26. The lowest BCUT2D eigenvalue weighted by Crippen LogP contribution is -2.53. The quantitative estimate of drug-likeness (QED) is 0.572. The first-order chi connectivity index (χ1) is 8.16. The molecule has 6 nitrogen and oxygen atoms in total. The summed E-state index contributed by atoms with van der Waals surface area (Å²) in [5.74, 6) is -0.455. The summed E-state index contributed by atoms with van der Waals surface area (Å²) in [5.41, 5.74) is 0. The van der Waals surface area contributed by atoms with Crippen molar-refractivity contribution in [2.24, 2.45) is 5.92 Å². The van der Waals surface area contributed by atoms with Crippen molar-refractivity contribution in [2.45, 2.75) is 31.7 Å². The second-order valence-corrected chi connectivity index (χ2v) is 4.53. The fourth-order valence-electron chi connectivity index (χ4n) is 2.16. The number of carbonyl (C=O) groups excluding carboxylic acids is 3. The van der Waals surface area contributed by atoms with Crippen molar-refractivity contribution in [1.82, 2.24) is 16.0 Å². The molecule has 0 spiro atoms. The minimum Gasteiger partial charge on any atom is -0.355 e. The molecule has 0 aromatic rings. The molecule has 6 heteroatoms. The van der Waals surface area contributed by atoms with Gasteiger partial charge in [0.05, 0.1) is 5.92 Å². The first-order valence-electron chi connectivity index (χ1n) is 6.01. The van der Waals surface area contributed by atoms with E-state index in [1.54, 1.807) is 0 Å². The van der Waals surface area contributed by atoms with Gasteiger partial charge in [0.15, 0.2) is 0 Å². The standard InChI is InChI=1S/C11H17N3O3/c15-9-4-3-7(6-13-9)10(16)14-8-2-1-5-12-11(8)17/h7-8H,1-6H2,(H,12,17)(H,13,15)(H,14,16). The van der Waals surface area contributed by atoms with E-state index >= 15 is 0 Å². The number of hydrogen-bond donors (Lipinski definition) is 3. The fourth-order valence-corrected chi connectivity index (χ4v) is 2.16. The summed E-state index contributed by atoms with van der Waals surface area (Å²) in [6, 6.07) is -0.408. The van der Waals surface area contributed by atoms with Crippen LogP contribution in [-0.2, 0) is 14.4 Å². The molecule has 17 heavy (non-hydrogen) atoms. The van der Waals surface area contributed by atoms with E-state index in [0.717, 1.165) is 6.42 Å². The Morgan fingerprint density at radius 1 is 1.24 bits per heavy atom. The zero-order valence-corrected chi connectivity index (χ0v) is 9.62. The Balaban J connectivity index is 1.83. The van der Waals surface area contributed by atoms with E-state index in [1.807, 2.05) is 0 Å². The average molecular weight is 239 g/mol. The van der Waals surface area contributed by atoms with Crippen LogP contribution in [0.4, 0.5) is 0 Å². The number of amides is 3. The Morgan fingerprint density at radius 3 is 2.71 bits per heavy atom. The Kier molecular flexibility index (Phi) is 3.61. The Morgan fingerprint density at radius 2 is 2.06 bits per heavy atom. The molecule has 3 N–H and O–H groups in total. The van der Waals surface area contributed by atoms with Crippen LogP contribution >= 0.6 is 0 Å². The maximum absolute atomic E-state index is 11.9. The van der Waals surface area contributed by atoms with Crippen LogP contribution < -0.4 is 16.0 Å². The van der Waals surface area contributed by atoms with Crippen LogP contribution in [0.3, 0.4) is 0 Å². The summed E-state index contributed by atoms with van der Waals surface area (Å²) in [4.78, 5) is 34.3.